The molecule has 3 rings (SSSR count). The number of nitrogens with one attached hydrogen (secondary N) is 1. The first kappa shape index (κ1) is 23.4. The molecule has 172 valence electrons. The number of benzene rings is 1. The molecule has 2 heterocycles. The second-order valence-corrected chi connectivity index (χ2v) is 9.59. The van der Waals surface area contributed by atoms with E-state index in [0.717, 1.165) is 6.07 Å². The van der Waals surface area contributed by atoms with Crippen LogP contribution in [-0.2, 0) is 14.8 Å². The van der Waals surface area contributed by atoms with Crippen molar-refractivity contribution in [2.24, 2.45) is 5.92 Å². The van der Waals surface area contributed by atoms with Gasteiger partial charge >= 0.3 is 0 Å². The van der Waals surface area contributed by atoms with Gasteiger partial charge in [-0.25, -0.2) is 8.42 Å². The number of hydrogen-bond acceptors (Lipinski definition) is 7. The maximum Gasteiger partial charge on any atom is 0.287 e. The minimum atomic E-state index is -3.94. The van der Waals surface area contributed by atoms with Crippen molar-refractivity contribution < 1.29 is 27.3 Å². The van der Waals surface area contributed by atoms with Gasteiger partial charge in [-0.15, -0.1) is 0 Å². The summed E-state index contributed by atoms with van der Waals surface area (Å²) in [5.41, 5.74) is -0.313. The van der Waals surface area contributed by atoms with Crippen LogP contribution in [0, 0.1) is 16.0 Å². The van der Waals surface area contributed by atoms with Crippen molar-refractivity contribution in [2.75, 3.05) is 26.2 Å². The van der Waals surface area contributed by atoms with E-state index < -0.39 is 26.9 Å². The van der Waals surface area contributed by atoms with Crippen LogP contribution in [0.4, 0.5) is 5.69 Å². The molecule has 12 heteroatoms. The summed E-state index contributed by atoms with van der Waals surface area (Å²) in [5.74, 6) is -0.925. The Morgan fingerprint density at radius 1 is 1.12 bits per heavy atom. The van der Waals surface area contributed by atoms with E-state index in [9.17, 15) is 28.1 Å². The molecule has 1 atom stereocenters. The van der Waals surface area contributed by atoms with E-state index in [1.54, 1.807) is 19.9 Å². The Morgan fingerprint density at radius 2 is 1.81 bits per heavy atom. The number of rotatable bonds is 7. The second-order valence-electron chi connectivity index (χ2n) is 7.66. The van der Waals surface area contributed by atoms with Crippen molar-refractivity contribution in [2.45, 2.75) is 24.8 Å². The largest absolute Gasteiger partial charge is 0.459 e. The van der Waals surface area contributed by atoms with E-state index >= 15 is 0 Å². The van der Waals surface area contributed by atoms with Gasteiger partial charge in [0.25, 0.3) is 11.6 Å². The van der Waals surface area contributed by atoms with Crippen LogP contribution in [0.2, 0.25) is 0 Å². The van der Waals surface area contributed by atoms with Gasteiger partial charge in [0.2, 0.25) is 15.9 Å². The van der Waals surface area contributed by atoms with Crippen molar-refractivity contribution in [3.05, 3.63) is 58.5 Å². The minimum absolute atomic E-state index is 0.0354. The lowest BCUT2D eigenvalue weighted by Gasteiger charge is -2.36. The SMILES string of the molecule is CC(C)[C@H](NC(=O)c1ccco1)C(=O)N1CCN(S(=O)(=O)c2cccc([N+](=O)[O-])c2)CC1. The van der Waals surface area contributed by atoms with E-state index in [1.165, 1.54) is 39.7 Å². The third-order valence-electron chi connectivity index (χ3n) is 5.18. The summed E-state index contributed by atoms with van der Waals surface area (Å²) in [4.78, 5) is 37.0. The molecule has 0 unspecified atom stereocenters. The van der Waals surface area contributed by atoms with Gasteiger partial charge in [0.15, 0.2) is 5.76 Å². The van der Waals surface area contributed by atoms with E-state index in [1.807, 2.05) is 0 Å². The number of carbonyl (C=O) groups excluding carboxylic acids is 2. The molecule has 0 spiro atoms. The van der Waals surface area contributed by atoms with Crippen molar-refractivity contribution in [1.29, 1.82) is 0 Å². The Bertz CT molecular complexity index is 1090. The number of carbonyl (C=O) groups is 2. The van der Waals surface area contributed by atoms with Crippen molar-refractivity contribution in [3.8, 4) is 0 Å². The number of piperazine rings is 1. The first-order valence-electron chi connectivity index (χ1n) is 9.99. The average Bonchev–Trinajstić information content (AvgIpc) is 3.32. The van der Waals surface area contributed by atoms with Crippen LogP contribution in [0.5, 0.6) is 0 Å². The number of furan rings is 1. The number of sulfonamides is 1. The molecule has 1 saturated heterocycles. The fourth-order valence-electron chi connectivity index (χ4n) is 3.39. The molecule has 0 saturated carbocycles. The van der Waals surface area contributed by atoms with Gasteiger partial charge in [-0.2, -0.15) is 4.31 Å². The molecular weight excluding hydrogens is 440 g/mol. The number of amides is 2. The molecule has 1 aliphatic heterocycles. The Labute approximate surface area is 185 Å². The number of nitro groups is 1. The molecule has 1 aliphatic rings. The predicted octanol–water partition coefficient (Wildman–Crippen LogP) is 1.48. The van der Waals surface area contributed by atoms with E-state index in [4.69, 9.17) is 4.42 Å². The zero-order valence-electron chi connectivity index (χ0n) is 17.6. The highest BCUT2D eigenvalue weighted by Gasteiger charge is 2.35. The highest BCUT2D eigenvalue weighted by Crippen LogP contribution is 2.22. The molecule has 0 radical (unpaired) electrons. The Kier molecular flexibility index (Phi) is 6.94. The highest BCUT2D eigenvalue weighted by atomic mass is 32.2. The number of nitro benzene ring substituents is 1. The van der Waals surface area contributed by atoms with Gasteiger partial charge in [-0.05, 0) is 24.1 Å². The molecular formula is C20H24N4O7S. The molecule has 2 amide bonds. The van der Waals surface area contributed by atoms with E-state index in [2.05, 4.69) is 5.32 Å². The predicted molar refractivity (Wildman–Crippen MR) is 113 cm³/mol. The number of hydrogen-bond donors (Lipinski definition) is 1. The topological polar surface area (TPSA) is 143 Å². The number of non-ortho nitro benzene ring substituents is 1. The van der Waals surface area contributed by atoms with Crippen LogP contribution >= 0.6 is 0 Å². The Balaban J connectivity index is 1.67. The second kappa shape index (κ2) is 9.49. The van der Waals surface area contributed by atoms with Crippen molar-refractivity contribution in [3.63, 3.8) is 0 Å². The Morgan fingerprint density at radius 3 is 2.38 bits per heavy atom. The quantitative estimate of drug-likeness (QED) is 0.483. The van der Waals surface area contributed by atoms with E-state index in [-0.39, 0.29) is 54.3 Å². The van der Waals surface area contributed by atoms with Crippen LogP contribution < -0.4 is 5.32 Å². The van der Waals surface area contributed by atoms with Gasteiger partial charge in [0, 0.05) is 38.3 Å². The molecule has 1 aromatic heterocycles. The zero-order valence-corrected chi connectivity index (χ0v) is 18.4. The summed E-state index contributed by atoms with van der Waals surface area (Å²) in [6.45, 7) is 3.93. The van der Waals surface area contributed by atoms with Crippen molar-refractivity contribution >= 4 is 27.5 Å². The highest BCUT2D eigenvalue weighted by molar-refractivity contribution is 7.89. The summed E-state index contributed by atoms with van der Waals surface area (Å²) >= 11 is 0. The molecule has 1 N–H and O–H groups in total. The van der Waals surface area contributed by atoms with Gasteiger partial charge < -0.3 is 14.6 Å². The first-order valence-corrected chi connectivity index (χ1v) is 11.4. The zero-order chi connectivity index (χ0) is 23.5. The van der Waals surface area contributed by atoms with Gasteiger partial charge in [0.1, 0.15) is 6.04 Å². The van der Waals surface area contributed by atoms with Crippen LogP contribution in [0.25, 0.3) is 0 Å². The molecule has 32 heavy (non-hydrogen) atoms. The summed E-state index contributed by atoms with van der Waals surface area (Å²) < 4.78 is 32.0. The van der Waals surface area contributed by atoms with Crippen LogP contribution in [0.15, 0.2) is 52.0 Å². The van der Waals surface area contributed by atoms with E-state index in [0.29, 0.717) is 0 Å². The molecule has 11 nitrogen and oxygen atoms in total. The first-order chi connectivity index (χ1) is 15.1. The Hall–Kier alpha value is -3.25. The summed E-state index contributed by atoms with van der Waals surface area (Å²) in [5, 5.41) is 13.6. The lowest BCUT2D eigenvalue weighted by molar-refractivity contribution is -0.385. The average molecular weight is 465 g/mol. The maximum atomic E-state index is 13.0. The molecule has 0 aliphatic carbocycles. The van der Waals surface area contributed by atoms with Gasteiger partial charge in [-0.1, -0.05) is 19.9 Å². The van der Waals surface area contributed by atoms with Crippen LogP contribution in [0.1, 0.15) is 24.4 Å². The third kappa shape index (κ3) is 4.97. The third-order valence-corrected chi connectivity index (χ3v) is 7.08. The van der Waals surface area contributed by atoms with Crippen LogP contribution in [0.3, 0.4) is 0 Å². The summed E-state index contributed by atoms with van der Waals surface area (Å²) in [6, 6.07) is 7.13. The number of nitrogens with zero attached hydrogens (tertiary/aromatic N) is 3. The standard InChI is InChI=1S/C20H24N4O7S/c1-14(2)18(21-19(25)17-7-4-12-31-17)20(26)22-8-10-23(11-9-22)32(29,30)16-6-3-5-15(13-16)24(27)28/h3-7,12-14,18H,8-11H2,1-2H3,(H,21,25)/t18-/m0/s1. The molecule has 1 aromatic carbocycles. The molecule has 0 bridgehead atoms. The lowest BCUT2D eigenvalue weighted by atomic mass is 10.0. The maximum absolute atomic E-state index is 13.0. The smallest absolute Gasteiger partial charge is 0.287 e. The monoisotopic (exact) mass is 464 g/mol. The van der Waals surface area contributed by atoms with Gasteiger partial charge in [0.05, 0.1) is 16.1 Å². The van der Waals surface area contributed by atoms with Crippen molar-refractivity contribution in [1.82, 2.24) is 14.5 Å². The molecule has 1 fully saturated rings. The summed E-state index contributed by atoms with van der Waals surface area (Å²) in [7, 11) is -3.94. The normalized spacial score (nSPS) is 16.0. The lowest BCUT2D eigenvalue weighted by Crippen LogP contribution is -2.57. The van der Waals surface area contributed by atoms with Crippen LogP contribution in [-0.4, -0.2) is 66.6 Å². The fraction of sp³-hybridized carbons (Fsp3) is 0.400. The van der Waals surface area contributed by atoms with Gasteiger partial charge in [-0.3, -0.25) is 19.7 Å². The molecule has 2 aromatic rings. The fourth-order valence-corrected chi connectivity index (χ4v) is 4.85. The summed E-state index contributed by atoms with van der Waals surface area (Å²) in [6.07, 6.45) is 1.36. The minimum Gasteiger partial charge on any atom is -0.459 e.